The second kappa shape index (κ2) is 3.10. The standard InChI is InChI=1S/C9H6F2N2O/c10-6-1-5-8(2-7(6)11)12-3-9(5)13-4-14/h1-4,12H,(H,13,14). The van der Waals surface area contributed by atoms with Crippen molar-refractivity contribution in [3.63, 3.8) is 0 Å². The van der Waals surface area contributed by atoms with Crippen LogP contribution in [0.3, 0.4) is 0 Å². The number of halogens is 2. The Labute approximate surface area is 77.7 Å². The van der Waals surface area contributed by atoms with Crippen LogP contribution in [0.5, 0.6) is 0 Å². The van der Waals surface area contributed by atoms with Crippen molar-refractivity contribution in [2.45, 2.75) is 0 Å². The molecular weight excluding hydrogens is 190 g/mol. The van der Waals surface area contributed by atoms with Gasteiger partial charge >= 0.3 is 0 Å². The highest BCUT2D eigenvalue weighted by Crippen LogP contribution is 2.24. The lowest BCUT2D eigenvalue weighted by molar-refractivity contribution is -0.105. The summed E-state index contributed by atoms with van der Waals surface area (Å²) in [5, 5.41) is 2.82. The topological polar surface area (TPSA) is 44.9 Å². The van der Waals surface area contributed by atoms with Gasteiger partial charge in [0.1, 0.15) is 0 Å². The number of H-pyrrole nitrogens is 1. The lowest BCUT2D eigenvalue weighted by Crippen LogP contribution is -1.92. The molecule has 0 saturated carbocycles. The Bertz CT molecular complexity index is 493. The molecule has 2 N–H and O–H groups in total. The largest absolute Gasteiger partial charge is 0.359 e. The van der Waals surface area contributed by atoms with Crippen LogP contribution in [0, 0.1) is 11.6 Å². The number of hydrogen-bond acceptors (Lipinski definition) is 1. The van der Waals surface area contributed by atoms with E-state index in [1.807, 2.05) is 0 Å². The van der Waals surface area contributed by atoms with Crippen LogP contribution in [-0.2, 0) is 4.79 Å². The molecular formula is C9H6F2N2O. The van der Waals surface area contributed by atoms with E-state index in [-0.39, 0.29) is 0 Å². The maximum absolute atomic E-state index is 12.8. The molecule has 0 radical (unpaired) electrons. The van der Waals surface area contributed by atoms with Gasteiger partial charge in [0.15, 0.2) is 11.6 Å². The van der Waals surface area contributed by atoms with E-state index in [0.717, 1.165) is 12.1 Å². The van der Waals surface area contributed by atoms with Gasteiger partial charge in [-0.1, -0.05) is 0 Å². The zero-order chi connectivity index (χ0) is 10.1. The number of fused-ring (bicyclic) bond motifs is 1. The lowest BCUT2D eigenvalue weighted by Gasteiger charge is -1.96. The van der Waals surface area contributed by atoms with Gasteiger partial charge in [0.05, 0.1) is 11.2 Å². The Morgan fingerprint density at radius 2 is 2.00 bits per heavy atom. The zero-order valence-electron chi connectivity index (χ0n) is 6.97. The summed E-state index contributed by atoms with van der Waals surface area (Å²) in [5.41, 5.74) is 0.863. The molecule has 0 fully saturated rings. The predicted octanol–water partition coefficient (Wildman–Crippen LogP) is 2.01. The zero-order valence-corrected chi connectivity index (χ0v) is 6.97. The number of benzene rings is 1. The number of rotatable bonds is 2. The number of nitrogens with one attached hydrogen (secondary N) is 2. The van der Waals surface area contributed by atoms with E-state index < -0.39 is 11.6 Å². The molecule has 0 aliphatic heterocycles. The van der Waals surface area contributed by atoms with Gasteiger partial charge in [-0.25, -0.2) is 8.78 Å². The third-order valence-corrected chi connectivity index (χ3v) is 1.94. The summed E-state index contributed by atoms with van der Waals surface area (Å²) in [6.45, 7) is 0. The number of carbonyl (C=O) groups excluding carboxylic acids is 1. The van der Waals surface area contributed by atoms with Crippen molar-refractivity contribution < 1.29 is 13.6 Å². The summed E-state index contributed by atoms with van der Waals surface area (Å²) in [7, 11) is 0. The maximum atomic E-state index is 12.8. The molecule has 14 heavy (non-hydrogen) atoms. The van der Waals surface area contributed by atoms with Crippen LogP contribution in [0.1, 0.15) is 0 Å². The van der Waals surface area contributed by atoms with Crippen molar-refractivity contribution in [2.24, 2.45) is 0 Å². The first kappa shape index (κ1) is 8.68. The summed E-state index contributed by atoms with van der Waals surface area (Å²) in [6, 6.07) is 2.08. The number of hydrogen-bond donors (Lipinski definition) is 2. The summed E-state index contributed by atoms with van der Waals surface area (Å²) in [4.78, 5) is 12.9. The Morgan fingerprint density at radius 1 is 1.29 bits per heavy atom. The van der Waals surface area contributed by atoms with Gasteiger partial charge in [0.2, 0.25) is 6.41 Å². The van der Waals surface area contributed by atoms with E-state index >= 15 is 0 Å². The molecule has 0 atom stereocenters. The molecule has 0 aliphatic carbocycles. The molecule has 0 aliphatic rings. The summed E-state index contributed by atoms with van der Waals surface area (Å²) in [5.74, 6) is -1.86. The van der Waals surface area contributed by atoms with Crippen molar-refractivity contribution in [3.05, 3.63) is 30.0 Å². The van der Waals surface area contributed by atoms with Crippen LogP contribution in [-0.4, -0.2) is 11.4 Å². The summed E-state index contributed by atoms with van der Waals surface area (Å²) >= 11 is 0. The fourth-order valence-electron chi connectivity index (χ4n) is 1.30. The van der Waals surface area contributed by atoms with Gasteiger partial charge in [-0.15, -0.1) is 0 Å². The molecule has 1 aromatic heterocycles. The number of aromatic amines is 1. The minimum Gasteiger partial charge on any atom is -0.359 e. The average Bonchev–Trinajstić information content (AvgIpc) is 2.51. The van der Waals surface area contributed by atoms with E-state index in [1.165, 1.54) is 6.20 Å². The third kappa shape index (κ3) is 1.22. The number of aromatic nitrogens is 1. The molecule has 72 valence electrons. The lowest BCUT2D eigenvalue weighted by atomic mass is 10.2. The Balaban J connectivity index is 2.67. The molecule has 5 heteroatoms. The summed E-state index contributed by atoms with van der Waals surface area (Å²) < 4.78 is 25.6. The van der Waals surface area contributed by atoms with Gasteiger partial charge < -0.3 is 10.3 Å². The molecule has 0 bridgehead atoms. The second-order valence-corrected chi connectivity index (χ2v) is 2.78. The van der Waals surface area contributed by atoms with Gasteiger partial charge in [-0.2, -0.15) is 0 Å². The molecule has 1 aromatic carbocycles. The van der Waals surface area contributed by atoms with Crippen molar-refractivity contribution in [3.8, 4) is 0 Å². The van der Waals surface area contributed by atoms with Crippen LogP contribution in [0.4, 0.5) is 14.5 Å². The van der Waals surface area contributed by atoms with E-state index in [4.69, 9.17) is 0 Å². The summed E-state index contributed by atoms with van der Waals surface area (Å²) in [6.07, 6.45) is 1.95. The van der Waals surface area contributed by atoms with Crippen LogP contribution in [0.2, 0.25) is 0 Å². The van der Waals surface area contributed by atoms with E-state index in [9.17, 15) is 13.6 Å². The predicted molar refractivity (Wildman–Crippen MR) is 47.9 cm³/mol. The minimum absolute atomic E-state index is 0.425. The van der Waals surface area contributed by atoms with Crippen molar-refractivity contribution >= 4 is 23.0 Å². The first-order valence-electron chi connectivity index (χ1n) is 3.88. The highest BCUT2D eigenvalue weighted by atomic mass is 19.2. The second-order valence-electron chi connectivity index (χ2n) is 2.78. The number of anilines is 1. The maximum Gasteiger partial charge on any atom is 0.211 e. The molecule has 0 spiro atoms. The molecule has 1 amide bonds. The van der Waals surface area contributed by atoms with Crippen LogP contribution in [0.25, 0.3) is 10.9 Å². The molecule has 1 heterocycles. The number of amides is 1. The normalized spacial score (nSPS) is 10.4. The van der Waals surface area contributed by atoms with E-state index in [0.29, 0.717) is 23.0 Å². The quantitative estimate of drug-likeness (QED) is 0.709. The highest BCUT2D eigenvalue weighted by Gasteiger charge is 2.08. The fourth-order valence-corrected chi connectivity index (χ4v) is 1.30. The van der Waals surface area contributed by atoms with Crippen molar-refractivity contribution in [1.82, 2.24) is 4.98 Å². The van der Waals surface area contributed by atoms with Crippen LogP contribution in [0.15, 0.2) is 18.3 Å². The van der Waals surface area contributed by atoms with Crippen molar-refractivity contribution in [1.29, 1.82) is 0 Å². The van der Waals surface area contributed by atoms with Gasteiger partial charge in [0.25, 0.3) is 0 Å². The molecule has 2 aromatic rings. The van der Waals surface area contributed by atoms with Crippen LogP contribution >= 0.6 is 0 Å². The van der Waals surface area contributed by atoms with Crippen molar-refractivity contribution in [2.75, 3.05) is 5.32 Å². The first-order chi connectivity index (χ1) is 6.72. The SMILES string of the molecule is O=CNc1c[nH]c2cc(F)c(F)cc12. The Morgan fingerprint density at radius 3 is 2.71 bits per heavy atom. The Kier molecular flexibility index (Phi) is 1.92. The third-order valence-electron chi connectivity index (χ3n) is 1.94. The Hall–Kier alpha value is -1.91. The molecule has 0 unspecified atom stereocenters. The highest BCUT2D eigenvalue weighted by molar-refractivity contribution is 5.96. The molecule has 0 saturated heterocycles. The fraction of sp³-hybridized carbons (Fsp3) is 0. The smallest absolute Gasteiger partial charge is 0.211 e. The van der Waals surface area contributed by atoms with Gasteiger partial charge in [-0.05, 0) is 6.07 Å². The minimum atomic E-state index is -0.939. The van der Waals surface area contributed by atoms with Gasteiger partial charge in [-0.3, -0.25) is 4.79 Å². The number of carbonyl (C=O) groups is 1. The monoisotopic (exact) mass is 196 g/mol. The molecule has 2 rings (SSSR count). The van der Waals surface area contributed by atoms with Gasteiger partial charge in [0, 0.05) is 17.6 Å². The van der Waals surface area contributed by atoms with Crippen LogP contribution < -0.4 is 5.32 Å². The average molecular weight is 196 g/mol. The van der Waals surface area contributed by atoms with E-state index in [1.54, 1.807) is 0 Å². The van der Waals surface area contributed by atoms with E-state index in [2.05, 4.69) is 10.3 Å². The first-order valence-corrected chi connectivity index (χ1v) is 3.88. The molecule has 3 nitrogen and oxygen atoms in total.